The third-order valence-electron chi connectivity index (χ3n) is 9.24. The molecule has 0 radical (unpaired) electrons. The standard InChI is InChI=1S/C35H36F6N2O/c1-23(27-19-29(34(36,37)38)22-30(20-27)35(39,40)41)32(44)43-33(28-10-6-3-7-11-28)15-12-25(13-16-33)26-14-17-42-31(21-26)18-24-8-4-2-5-9-24/h2-11,14,17,19-20,22-23,25-26,31,42H,12-13,15-16,18,21H2,1H3,(H,43,44). The Morgan fingerprint density at radius 1 is 0.886 bits per heavy atom. The Kier molecular flexibility index (Phi) is 9.14. The molecule has 3 nitrogen and oxygen atoms in total. The van der Waals surface area contributed by atoms with Gasteiger partial charge in [0.15, 0.2) is 0 Å². The van der Waals surface area contributed by atoms with Crippen molar-refractivity contribution in [1.82, 2.24) is 10.6 Å². The van der Waals surface area contributed by atoms with Crippen LogP contribution in [0, 0.1) is 11.8 Å². The van der Waals surface area contributed by atoms with Crippen LogP contribution < -0.4 is 10.6 Å². The molecule has 1 amide bonds. The maximum absolute atomic E-state index is 13.6. The molecule has 2 aliphatic rings. The van der Waals surface area contributed by atoms with Crippen molar-refractivity contribution >= 4 is 5.91 Å². The summed E-state index contributed by atoms with van der Waals surface area (Å²) in [6, 6.07) is 21.4. The predicted octanol–water partition coefficient (Wildman–Crippen LogP) is 8.76. The lowest BCUT2D eigenvalue weighted by Crippen LogP contribution is -2.50. The van der Waals surface area contributed by atoms with Crippen LogP contribution >= 0.6 is 0 Å². The first kappa shape index (κ1) is 31.7. The third-order valence-corrected chi connectivity index (χ3v) is 9.24. The summed E-state index contributed by atoms with van der Waals surface area (Å²) in [6.07, 6.45) is -0.969. The van der Waals surface area contributed by atoms with Gasteiger partial charge in [-0.2, -0.15) is 26.3 Å². The van der Waals surface area contributed by atoms with Crippen LogP contribution in [0.4, 0.5) is 26.3 Å². The summed E-state index contributed by atoms with van der Waals surface area (Å²) in [6.45, 7) is 1.35. The van der Waals surface area contributed by atoms with Crippen LogP contribution in [-0.4, -0.2) is 11.9 Å². The Labute approximate surface area is 253 Å². The molecule has 3 aromatic rings. The smallest absolute Gasteiger partial charge is 0.388 e. The highest BCUT2D eigenvalue weighted by Gasteiger charge is 2.42. The maximum atomic E-state index is 13.6. The van der Waals surface area contributed by atoms with E-state index < -0.39 is 40.8 Å². The van der Waals surface area contributed by atoms with E-state index >= 15 is 0 Å². The zero-order chi connectivity index (χ0) is 31.5. The van der Waals surface area contributed by atoms with Gasteiger partial charge < -0.3 is 10.6 Å². The number of carbonyl (C=O) groups is 1. The average molecular weight is 615 g/mol. The molecule has 3 atom stereocenters. The lowest BCUT2D eigenvalue weighted by Gasteiger charge is -2.44. The second kappa shape index (κ2) is 12.7. The highest BCUT2D eigenvalue weighted by atomic mass is 19.4. The fraction of sp³-hybridized carbons (Fsp3) is 0.400. The summed E-state index contributed by atoms with van der Waals surface area (Å²) in [5, 5.41) is 6.58. The monoisotopic (exact) mass is 614 g/mol. The van der Waals surface area contributed by atoms with Crippen LogP contribution in [-0.2, 0) is 29.1 Å². The Morgan fingerprint density at radius 2 is 1.45 bits per heavy atom. The minimum atomic E-state index is -4.99. The second-order valence-electron chi connectivity index (χ2n) is 12.1. The number of carbonyl (C=O) groups excluding carboxylic acids is 1. The van der Waals surface area contributed by atoms with E-state index in [1.54, 1.807) is 0 Å². The van der Waals surface area contributed by atoms with Gasteiger partial charge in [0.05, 0.1) is 22.6 Å². The van der Waals surface area contributed by atoms with Crippen LogP contribution in [0.3, 0.4) is 0 Å². The van der Waals surface area contributed by atoms with E-state index in [2.05, 4.69) is 28.8 Å². The van der Waals surface area contributed by atoms with Gasteiger partial charge in [-0.3, -0.25) is 4.79 Å². The molecule has 1 fully saturated rings. The molecule has 1 aliphatic heterocycles. The molecule has 234 valence electrons. The lowest BCUT2D eigenvalue weighted by atomic mass is 9.67. The Hall–Kier alpha value is -3.75. The first-order valence-corrected chi connectivity index (χ1v) is 15.0. The fourth-order valence-corrected chi connectivity index (χ4v) is 6.71. The van der Waals surface area contributed by atoms with E-state index in [0.29, 0.717) is 42.9 Å². The number of allylic oxidation sites excluding steroid dienone is 1. The number of halogens is 6. The van der Waals surface area contributed by atoms with Gasteiger partial charge in [-0.05, 0) is 98.4 Å². The van der Waals surface area contributed by atoms with Gasteiger partial charge in [-0.1, -0.05) is 66.7 Å². The SMILES string of the molecule is CC(C(=O)NC1(c2ccccc2)CCC(C2C=CNC(Cc3ccccc3)C2)CC1)c1cc(C(F)(F)F)cc(C(F)(F)F)c1. The van der Waals surface area contributed by atoms with Crippen molar-refractivity contribution in [3.05, 3.63) is 119 Å². The van der Waals surface area contributed by atoms with Crippen molar-refractivity contribution in [1.29, 1.82) is 0 Å². The molecule has 5 rings (SSSR count). The molecule has 0 bridgehead atoms. The van der Waals surface area contributed by atoms with Gasteiger partial charge in [0, 0.05) is 6.04 Å². The Balaban J connectivity index is 1.33. The zero-order valence-corrected chi connectivity index (χ0v) is 24.4. The number of hydrogen-bond donors (Lipinski definition) is 2. The molecule has 1 aliphatic carbocycles. The van der Waals surface area contributed by atoms with Crippen LogP contribution in [0.5, 0.6) is 0 Å². The molecule has 44 heavy (non-hydrogen) atoms. The topological polar surface area (TPSA) is 41.1 Å². The van der Waals surface area contributed by atoms with E-state index in [1.165, 1.54) is 12.5 Å². The van der Waals surface area contributed by atoms with Crippen LogP contribution in [0.25, 0.3) is 0 Å². The number of benzene rings is 3. The largest absolute Gasteiger partial charge is 0.416 e. The van der Waals surface area contributed by atoms with Gasteiger partial charge in [-0.15, -0.1) is 0 Å². The summed E-state index contributed by atoms with van der Waals surface area (Å²) in [4.78, 5) is 13.6. The van der Waals surface area contributed by atoms with Gasteiger partial charge in [0.1, 0.15) is 0 Å². The number of alkyl halides is 6. The van der Waals surface area contributed by atoms with Gasteiger partial charge >= 0.3 is 12.4 Å². The number of nitrogens with one attached hydrogen (secondary N) is 2. The van der Waals surface area contributed by atoms with Crippen molar-refractivity contribution in [3.63, 3.8) is 0 Å². The van der Waals surface area contributed by atoms with Crippen molar-refractivity contribution in [3.8, 4) is 0 Å². The predicted molar refractivity (Wildman–Crippen MR) is 157 cm³/mol. The van der Waals surface area contributed by atoms with Crippen LogP contribution in [0.2, 0.25) is 0 Å². The molecule has 1 saturated carbocycles. The normalized spacial score (nSPS) is 24.8. The first-order chi connectivity index (χ1) is 20.8. The summed E-state index contributed by atoms with van der Waals surface area (Å²) >= 11 is 0. The van der Waals surface area contributed by atoms with Crippen molar-refractivity contribution in [2.24, 2.45) is 11.8 Å². The molecule has 0 saturated heterocycles. The molecular weight excluding hydrogens is 578 g/mol. The fourth-order valence-electron chi connectivity index (χ4n) is 6.71. The van der Waals surface area contributed by atoms with E-state index in [-0.39, 0.29) is 11.6 Å². The molecule has 3 unspecified atom stereocenters. The summed E-state index contributed by atoms with van der Waals surface area (Å²) in [5.74, 6) is -1.10. The van der Waals surface area contributed by atoms with Gasteiger partial charge in [0.25, 0.3) is 0 Å². The van der Waals surface area contributed by atoms with E-state index in [4.69, 9.17) is 0 Å². The molecule has 9 heteroatoms. The third kappa shape index (κ3) is 7.30. The number of amides is 1. The quantitative estimate of drug-likeness (QED) is 0.261. The van der Waals surface area contributed by atoms with Crippen molar-refractivity contribution < 1.29 is 31.1 Å². The van der Waals surface area contributed by atoms with Crippen LogP contribution in [0.1, 0.15) is 72.8 Å². The minimum absolute atomic E-state index is 0.0838. The van der Waals surface area contributed by atoms with Gasteiger partial charge in [-0.25, -0.2) is 0 Å². The molecule has 2 N–H and O–H groups in total. The summed E-state index contributed by atoms with van der Waals surface area (Å²) < 4.78 is 81.0. The number of rotatable bonds is 7. The van der Waals surface area contributed by atoms with E-state index in [0.717, 1.165) is 31.2 Å². The highest BCUT2D eigenvalue weighted by Crippen LogP contribution is 2.44. The Bertz CT molecular complexity index is 1410. The zero-order valence-electron chi connectivity index (χ0n) is 24.4. The Morgan fingerprint density at radius 3 is 2.02 bits per heavy atom. The first-order valence-electron chi connectivity index (χ1n) is 15.0. The molecule has 0 aromatic heterocycles. The average Bonchev–Trinajstić information content (AvgIpc) is 3.01. The maximum Gasteiger partial charge on any atom is 0.416 e. The summed E-state index contributed by atoms with van der Waals surface area (Å²) in [5.41, 5.74) is -1.82. The molecule has 0 spiro atoms. The van der Waals surface area contributed by atoms with E-state index in [1.807, 2.05) is 54.7 Å². The number of hydrogen-bond acceptors (Lipinski definition) is 2. The molecule has 1 heterocycles. The van der Waals surface area contributed by atoms with Crippen molar-refractivity contribution in [2.75, 3.05) is 0 Å². The highest BCUT2D eigenvalue weighted by molar-refractivity contribution is 5.84. The van der Waals surface area contributed by atoms with E-state index in [9.17, 15) is 31.1 Å². The minimum Gasteiger partial charge on any atom is -0.388 e. The molecule has 3 aromatic carbocycles. The van der Waals surface area contributed by atoms with Crippen LogP contribution in [0.15, 0.2) is 91.1 Å². The van der Waals surface area contributed by atoms with Gasteiger partial charge in [0.2, 0.25) is 5.91 Å². The van der Waals surface area contributed by atoms with Crippen molar-refractivity contribution in [2.45, 2.75) is 75.3 Å². The summed E-state index contributed by atoms with van der Waals surface area (Å²) in [7, 11) is 0. The lowest BCUT2D eigenvalue weighted by molar-refractivity contribution is -0.143. The molecular formula is C35H36F6N2O. The second-order valence-corrected chi connectivity index (χ2v) is 12.1.